The zero-order valence-electron chi connectivity index (χ0n) is 10.7. The lowest BCUT2D eigenvalue weighted by atomic mass is 10.2. The molecule has 5 heteroatoms. The number of amides is 1. The first kappa shape index (κ1) is 12.6. The number of aromatic nitrogens is 2. The van der Waals surface area contributed by atoms with Crippen LogP contribution in [0.25, 0.3) is 5.52 Å². The summed E-state index contributed by atoms with van der Waals surface area (Å²) in [6.45, 7) is 5.06. The van der Waals surface area contributed by atoms with Gasteiger partial charge in [-0.15, -0.1) is 0 Å². The average molecular weight is 246 g/mol. The molecular weight excluding hydrogens is 228 g/mol. The third-order valence-corrected chi connectivity index (χ3v) is 2.85. The number of carbonyl (C=O) groups excluding carboxylic acids is 1. The van der Waals surface area contributed by atoms with E-state index < -0.39 is 0 Å². The summed E-state index contributed by atoms with van der Waals surface area (Å²) in [6.07, 6.45) is 3.73. The number of rotatable bonds is 5. The van der Waals surface area contributed by atoms with Gasteiger partial charge in [-0.1, -0.05) is 6.07 Å². The van der Waals surface area contributed by atoms with E-state index >= 15 is 0 Å². The Labute approximate surface area is 106 Å². The van der Waals surface area contributed by atoms with E-state index in [9.17, 15) is 4.79 Å². The Bertz CT molecular complexity index is 535. The SMILES string of the molecule is CCNC(=O)C(C)NCc1cnn2ccccc12. The summed E-state index contributed by atoms with van der Waals surface area (Å²) in [7, 11) is 0. The van der Waals surface area contributed by atoms with Gasteiger partial charge in [-0.2, -0.15) is 5.10 Å². The minimum absolute atomic E-state index is 0.0222. The molecule has 0 saturated heterocycles. The van der Waals surface area contributed by atoms with Gasteiger partial charge in [-0.05, 0) is 26.0 Å². The second-order valence-electron chi connectivity index (χ2n) is 4.20. The monoisotopic (exact) mass is 246 g/mol. The predicted octanol–water partition coefficient (Wildman–Crippen LogP) is 0.949. The van der Waals surface area contributed by atoms with E-state index in [2.05, 4.69) is 15.7 Å². The van der Waals surface area contributed by atoms with Crippen molar-refractivity contribution >= 4 is 11.4 Å². The van der Waals surface area contributed by atoms with Crippen LogP contribution in [0.1, 0.15) is 19.4 Å². The van der Waals surface area contributed by atoms with Gasteiger partial charge in [0, 0.05) is 24.8 Å². The summed E-state index contributed by atoms with van der Waals surface area (Å²) in [4.78, 5) is 11.6. The highest BCUT2D eigenvalue weighted by Gasteiger charge is 2.11. The highest BCUT2D eigenvalue weighted by atomic mass is 16.2. The van der Waals surface area contributed by atoms with Gasteiger partial charge in [-0.25, -0.2) is 4.52 Å². The lowest BCUT2D eigenvalue weighted by molar-refractivity contribution is -0.122. The molecule has 0 aliphatic heterocycles. The number of carbonyl (C=O) groups is 1. The Hall–Kier alpha value is -1.88. The lowest BCUT2D eigenvalue weighted by Gasteiger charge is -2.12. The molecule has 0 aliphatic carbocycles. The molecule has 1 atom stereocenters. The van der Waals surface area contributed by atoms with E-state index in [1.54, 1.807) is 0 Å². The molecule has 1 unspecified atom stereocenters. The van der Waals surface area contributed by atoms with Crippen molar-refractivity contribution in [2.45, 2.75) is 26.4 Å². The largest absolute Gasteiger partial charge is 0.355 e. The van der Waals surface area contributed by atoms with Gasteiger partial charge in [0.15, 0.2) is 0 Å². The molecule has 2 aromatic rings. The molecule has 2 aromatic heterocycles. The first-order valence-corrected chi connectivity index (χ1v) is 6.14. The van der Waals surface area contributed by atoms with E-state index in [1.807, 2.05) is 49.0 Å². The summed E-state index contributed by atoms with van der Waals surface area (Å²) < 4.78 is 1.83. The van der Waals surface area contributed by atoms with Gasteiger partial charge >= 0.3 is 0 Å². The Kier molecular flexibility index (Phi) is 3.94. The number of nitrogens with zero attached hydrogens (tertiary/aromatic N) is 2. The molecule has 5 nitrogen and oxygen atoms in total. The topological polar surface area (TPSA) is 58.4 Å². The normalized spacial score (nSPS) is 12.6. The maximum Gasteiger partial charge on any atom is 0.236 e. The van der Waals surface area contributed by atoms with E-state index in [1.165, 1.54) is 0 Å². The van der Waals surface area contributed by atoms with E-state index in [0.717, 1.165) is 11.1 Å². The van der Waals surface area contributed by atoms with Crippen molar-refractivity contribution in [2.75, 3.05) is 6.54 Å². The fraction of sp³-hybridized carbons (Fsp3) is 0.385. The molecule has 1 amide bonds. The highest BCUT2D eigenvalue weighted by Crippen LogP contribution is 2.09. The van der Waals surface area contributed by atoms with Crippen molar-refractivity contribution in [1.29, 1.82) is 0 Å². The summed E-state index contributed by atoms with van der Waals surface area (Å²) >= 11 is 0. The first-order chi connectivity index (χ1) is 8.72. The second kappa shape index (κ2) is 5.64. The minimum atomic E-state index is -0.205. The molecule has 0 bridgehead atoms. The predicted molar refractivity (Wildman–Crippen MR) is 70.2 cm³/mol. The molecule has 0 spiro atoms. The van der Waals surface area contributed by atoms with Crippen LogP contribution in [0.2, 0.25) is 0 Å². The van der Waals surface area contributed by atoms with Gasteiger partial charge in [0.25, 0.3) is 0 Å². The van der Waals surface area contributed by atoms with Crippen molar-refractivity contribution in [2.24, 2.45) is 0 Å². The molecular formula is C13H18N4O. The maximum atomic E-state index is 11.6. The molecule has 2 heterocycles. The number of hydrogen-bond acceptors (Lipinski definition) is 3. The van der Waals surface area contributed by atoms with Crippen LogP contribution in [0.4, 0.5) is 0 Å². The van der Waals surface area contributed by atoms with Crippen molar-refractivity contribution in [3.05, 3.63) is 36.2 Å². The van der Waals surface area contributed by atoms with Crippen LogP contribution < -0.4 is 10.6 Å². The van der Waals surface area contributed by atoms with Crippen LogP contribution in [0.15, 0.2) is 30.6 Å². The average Bonchev–Trinajstić information content (AvgIpc) is 2.79. The molecule has 0 aliphatic rings. The highest BCUT2D eigenvalue weighted by molar-refractivity contribution is 5.81. The molecule has 18 heavy (non-hydrogen) atoms. The fourth-order valence-corrected chi connectivity index (χ4v) is 1.81. The van der Waals surface area contributed by atoms with E-state index in [0.29, 0.717) is 13.1 Å². The van der Waals surface area contributed by atoms with Crippen LogP contribution in [-0.2, 0) is 11.3 Å². The van der Waals surface area contributed by atoms with Gasteiger partial charge in [0.1, 0.15) is 0 Å². The van der Waals surface area contributed by atoms with Crippen molar-refractivity contribution in [3.63, 3.8) is 0 Å². The summed E-state index contributed by atoms with van der Waals surface area (Å²) in [5, 5.41) is 10.2. The smallest absolute Gasteiger partial charge is 0.236 e. The number of pyridine rings is 1. The molecule has 0 aromatic carbocycles. The number of hydrogen-bond donors (Lipinski definition) is 2. The van der Waals surface area contributed by atoms with Crippen molar-refractivity contribution < 1.29 is 4.79 Å². The third kappa shape index (κ3) is 2.68. The fourth-order valence-electron chi connectivity index (χ4n) is 1.81. The van der Waals surface area contributed by atoms with Gasteiger partial charge in [0.05, 0.1) is 17.8 Å². The standard InChI is InChI=1S/C13H18N4O/c1-3-14-13(18)10(2)15-8-11-9-16-17-7-5-4-6-12(11)17/h4-7,9-10,15H,3,8H2,1-2H3,(H,14,18). The van der Waals surface area contributed by atoms with Gasteiger partial charge < -0.3 is 10.6 Å². The summed E-state index contributed by atoms with van der Waals surface area (Å²) in [5.41, 5.74) is 2.15. The van der Waals surface area contributed by atoms with Gasteiger partial charge in [-0.3, -0.25) is 4.79 Å². The van der Waals surface area contributed by atoms with Crippen molar-refractivity contribution in [1.82, 2.24) is 20.2 Å². The Morgan fingerprint density at radius 2 is 2.33 bits per heavy atom. The lowest BCUT2D eigenvalue weighted by Crippen LogP contribution is -2.41. The van der Waals surface area contributed by atoms with Gasteiger partial charge in [0.2, 0.25) is 5.91 Å². The molecule has 2 N–H and O–H groups in total. The van der Waals surface area contributed by atoms with E-state index in [-0.39, 0.29) is 11.9 Å². The second-order valence-corrected chi connectivity index (χ2v) is 4.20. The summed E-state index contributed by atoms with van der Waals surface area (Å²) in [6, 6.07) is 5.73. The van der Waals surface area contributed by atoms with Crippen LogP contribution >= 0.6 is 0 Å². The van der Waals surface area contributed by atoms with Crippen LogP contribution in [0.3, 0.4) is 0 Å². The van der Waals surface area contributed by atoms with Crippen LogP contribution in [-0.4, -0.2) is 28.1 Å². The zero-order valence-corrected chi connectivity index (χ0v) is 10.7. The molecule has 2 rings (SSSR count). The summed E-state index contributed by atoms with van der Waals surface area (Å²) in [5.74, 6) is 0.0222. The quantitative estimate of drug-likeness (QED) is 0.825. The minimum Gasteiger partial charge on any atom is -0.355 e. The Balaban J connectivity index is 2.00. The molecule has 0 saturated carbocycles. The molecule has 0 fully saturated rings. The molecule has 96 valence electrons. The van der Waals surface area contributed by atoms with E-state index in [4.69, 9.17) is 0 Å². The third-order valence-electron chi connectivity index (χ3n) is 2.85. The number of nitrogens with one attached hydrogen (secondary N) is 2. The Morgan fingerprint density at radius 1 is 1.50 bits per heavy atom. The first-order valence-electron chi connectivity index (χ1n) is 6.14. The van der Waals surface area contributed by atoms with Crippen LogP contribution in [0, 0.1) is 0 Å². The molecule has 0 radical (unpaired) electrons. The maximum absolute atomic E-state index is 11.6. The van der Waals surface area contributed by atoms with Crippen molar-refractivity contribution in [3.8, 4) is 0 Å². The Morgan fingerprint density at radius 3 is 3.11 bits per heavy atom. The van der Waals surface area contributed by atoms with Crippen LogP contribution in [0.5, 0.6) is 0 Å². The zero-order chi connectivity index (χ0) is 13.0. The number of likely N-dealkylation sites (N-methyl/N-ethyl adjacent to an activating group) is 1. The number of fused-ring (bicyclic) bond motifs is 1.